The normalized spacial score (nSPS) is 10.3. The smallest absolute Gasteiger partial charge is 0.349 e. The molecule has 0 bridgehead atoms. The SMILES string of the molecule is CONC(=O)c1cc2ccc(OC)cc2oc1=O. The molecule has 1 aromatic carbocycles. The van der Waals surface area contributed by atoms with Gasteiger partial charge in [0.05, 0.1) is 14.2 Å². The second kappa shape index (κ2) is 4.89. The van der Waals surface area contributed by atoms with E-state index in [9.17, 15) is 9.59 Å². The van der Waals surface area contributed by atoms with Gasteiger partial charge in [0.15, 0.2) is 0 Å². The van der Waals surface area contributed by atoms with Gasteiger partial charge in [0, 0.05) is 11.5 Å². The second-order valence-corrected chi connectivity index (χ2v) is 3.49. The van der Waals surface area contributed by atoms with Crippen LogP contribution in [0.2, 0.25) is 0 Å². The molecule has 1 aromatic heterocycles. The molecule has 0 radical (unpaired) electrons. The van der Waals surface area contributed by atoms with Crippen molar-refractivity contribution in [3.05, 3.63) is 40.2 Å². The minimum absolute atomic E-state index is 0.116. The minimum atomic E-state index is -0.731. The molecule has 6 heteroatoms. The van der Waals surface area contributed by atoms with Crippen LogP contribution in [0.1, 0.15) is 10.4 Å². The van der Waals surface area contributed by atoms with Gasteiger partial charge in [-0.25, -0.2) is 10.3 Å². The highest BCUT2D eigenvalue weighted by Crippen LogP contribution is 2.20. The Labute approximate surface area is 102 Å². The number of carbonyl (C=O) groups excluding carboxylic acids is 1. The first-order valence-electron chi connectivity index (χ1n) is 5.11. The number of hydroxylamine groups is 1. The maximum Gasteiger partial charge on any atom is 0.349 e. The summed E-state index contributed by atoms with van der Waals surface area (Å²) in [5.41, 5.74) is 1.57. The largest absolute Gasteiger partial charge is 0.497 e. The molecule has 0 saturated carbocycles. The summed E-state index contributed by atoms with van der Waals surface area (Å²) in [5, 5.41) is 0.622. The molecule has 2 rings (SSSR count). The van der Waals surface area contributed by atoms with Gasteiger partial charge >= 0.3 is 5.63 Å². The van der Waals surface area contributed by atoms with Crippen LogP contribution in [0.3, 0.4) is 0 Å². The number of fused-ring (bicyclic) bond motifs is 1. The van der Waals surface area contributed by atoms with E-state index in [1.165, 1.54) is 20.3 Å². The van der Waals surface area contributed by atoms with E-state index in [0.29, 0.717) is 16.7 Å². The molecular weight excluding hydrogens is 238 g/mol. The Bertz CT molecular complexity index is 646. The van der Waals surface area contributed by atoms with Crippen LogP contribution in [-0.2, 0) is 4.84 Å². The Hall–Kier alpha value is -2.34. The lowest BCUT2D eigenvalue weighted by Gasteiger charge is -2.04. The summed E-state index contributed by atoms with van der Waals surface area (Å²) in [6.45, 7) is 0. The number of amides is 1. The zero-order valence-corrected chi connectivity index (χ0v) is 9.85. The van der Waals surface area contributed by atoms with Crippen LogP contribution in [-0.4, -0.2) is 20.1 Å². The molecule has 1 N–H and O–H groups in total. The first kappa shape index (κ1) is 12.1. The molecule has 0 aliphatic heterocycles. The van der Waals surface area contributed by atoms with E-state index in [0.717, 1.165) is 0 Å². The molecule has 1 heterocycles. The minimum Gasteiger partial charge on any atom is -0.497 e. The molecule has 0 unspecified atom stereocenters. The van der Waals surface area contributed by atoms with Gasteiger partial charge in [0.2, 0.25) is 0 Å². The van der Waals surface area contributed by atoms with Crippen molar-refractivity contribution in [2.24, 2.45) is 0 Å². The molecule has 18 heavy (non-hydrogen) atoms. The van der Waals surface area contributed by atoms with E-state index in [1.807, 2.05) is 0 Å². The van der Waals surface area contributed by atoms with E-state index in [2.05, 4.69) is 10.3 Å². The number of carbonyl (C=O) groups is 1. The van der Waals surface area contributed by atoms with Crippen molar-refractivity contribution < 1.29 is 18.8 Å². The second-order valence-electron chi connectivity index (χ2n) is 3.49. The van der Waals surface area contributed by atoms with E-state index >= 15 is 0 Å². The van der Waals surface area contributed by atoms with Gasteiger partial charge in [-0.2, -0.15) is 0 Å². The van der Waals surface area contributed by atoms with Crippen LogP contribution in [0.5, 0.6) is 5.75 Å². The average Bonchev–Trinajstić information content (AvgIpc) is 2.37. The van der Waals surface area contributed by atoms with Gasteiger partial charge in [0.25, 0.3) is 5.91 Å². The van der Waals surface area contributed by atoms with Crippen molar-refractivity contribution >= 4 is 16.9 Å². The lowest BCUT2D eigenvalue weighted by molar-refractivity contribution is 0.0534. The average molecular weight is 249 g/mol. The van der Waals surface area contributed by atoms with Crippen molar-refractivity contribution in [3.8, 4) is 5.75 Å². The molecule has 2 aromatic rings. The molecule has 0 aliphatic carbocycles. The van der Waals surface area contributed by atoms with Crippen LogP contribution in [0, 0.1) is 0 Å². The van der Waals surface area contributed by atoms with Crippen LogP contribution < -0.4 is 15.8 Å². The summed E-state index contributed by atoms with van der Waals surface area (Å²) in [6.07, 6.45) is 0. The van der Waals surface area contributed by atoms with E-state index in [-0.39, 0.29) is 5.56 Å². The zero-order chi connectivity index (χ0) is 13.1. The number of hydrogen-bond acceptors (Lipinski definition) is 5. The van der Waals surface area contributed by atoms with Crippen molar-refractivity contribution in [3.63, 3.8) is 0 Å². The fourth-order valence-corrected chi connectivity index (χ4v) is 1.52. The van der Waals surface area contributed by atoms with Crippen LogP contribution in [0.25, 0.3) is 11.0 Å². The monoisotopic (exact) mass is 249 g/mol. The molecule has 0 aliphatic rings. The van der Waals surface area contributed by atoms with Gasteiger partial charge in [-0.05, 0) is 18.2 Å². The summed E-state index contributed by atoms with van der Waals surface area (Å²) in [5.74, 6) is -0.0799. The van der Waals surface area contributed by atoms with Crippen LogP contribution >= 0.6 is 0 Å². The Morgan fingerprint density at radius 1 is 1.28 bits per heavy atom. The number of hydrogen-bond donors (Lipinski definition) is 1. The highest BCUT2D eigenvalue weighted by molar-refractivity contribution is 5.96. The van der Waals surface area contributed by atoms with Gasteiger partial charge in [-0.15, -0.1) is 0 Å². The summed E-state index contributed by atoms with van der Waals surface area (Å²) >= 11 is 0. The lowest BCUT2D eigenvalue weighted by atomic mass is 10.2. The van der Waals surface area contributed by atoms with Gasteiger partial charge in [-0.1, -0.05) is 0 Å². The standard InChI is InChI=1S/C12H11NO5/c1-16-8-4-3-7-5-9(11(14)13-17-2)12(15)18-10(7)6-8/h3-6H,1-2H3,(H,13,14). The first-order valence-corrected chi connectivity index (χ1v) is 5.11. The van der Waals surface area contributed by atoms with Crippen LogP contribution in [0.15, 0.2) is 33.5 Å². The Balaban J connectivity index is 2.56. The lowest BCUT2D eigenvalue weighted by Crippen LogP contribution is -2.27. The van der Waals surface area contributed by atoms with Gasteiger partial charge in [0.1, 0.15) is 16.9 Å². The summed E-state index contributed by atoms with van der Waals surface area (Å²) in [4.78, 5) is 27.6. The molecule has 6 nitrogen and oxygen atoms in total. The van der Waals surface area contributed by atoms with Crippen molar-refractivity contribution in [1.82, 2.24) is 5.48 Å². The van der Waals surface area contributed by atoms with Crippen molar-refractivity contribution in [1.29, 1.82) is 0 Å². The Morgan fingerprint density at radius 3 is 2.72 bits per heavy atom. The number of benzene rings is 1. The quantitative estimate of drug-likeness (QED) is 0.650. The molecule has 0 saturated heterocycles. The summed E-state index contributed by atoms with van der Waals surface area (Å²) < 4.78 is 10.1. The number of ether oxygens (including phenoxy) is 1. The predicted octanol–water partition coefficient (Wildman–Crippen LogP) is 1.09. The molecule has 1 amide bonds. The van der Waals surface area contributed by atoms with Crippen molar-refractivity contribution in [2.75, 3.05) is 14.2 Å². The molecule has 0 atom stereocenters. The third-order valence-corrected chi connectivity index (χ3v) is 2.38. The number of nitrogens with one attached hydrogen (secondary N) is 1. The molecule has 0 fully saturated rings. The third kappa shape index (κ3) is 2.18. The van der Waals surface area contributed by atoms with Gasteiger partial charge in [-0.3, -0.25) is 9.63 Å². The highest BCUT2D eigenvalue weighted by atomic mass is 16.6. The maximum absolute atomic E-state index is 11.6. The maximum atomic E-state index is 11.6. The molecular formula is C12H11NO5. The highest BCUT2D eigenvalue weighted by Gasteiger charge is 2.13. The first-order chi connectivity index (χ1) is 8.65. The summed E-state index contributed by atoms with van der Waals surface area (Å²) in [7, 11) is 2.80. The third-order valence-electron chi connectivity index (χ3n) is 2.38. The van der Waals surface area contributed by atoms with E-state index < -0.39 is 11.5 Å². The Kier molecular flexibility index (Phi) is 3.29. The fourth-order valence-electron chi connectivity index (χ4n) is 1.52. The molecule has 0 spiro atoms. The fraction of sp³-hybridized carbons (Fsp3) is 0.167. The number of rotatable bonds is 3. The topological polar surface area (TPSA) is 77.8 Å². The predicted molar refractivity (Wildman–Crippen MR) is 63.5 cm³/mol. The van der Waals surface area contributed by atoms with Crippen molar-refractivity contribution in [2.45, 2.75) is 0 Å². The zero-order valence-electron chi connectivity index (χ0n) is 9.85. The molecule has 94 valence electrons. The van der Waals surface area contributed by atoms with Crippen LogP contribution in [0.4, 0.5) is 0 Å². The van der Waals surface area contributed by atoms with Gasteiger partial charge < -0.3 is 9.15 Å². The van der Waals surface area contributed by atoms with E-state index in [4.69, 9.17) is 9.15 Å². The Morgan fingerprint density at radius 2 is 2.06 bits per heavy atom. The summed E-state index contributed by atoms with van der Waals surface area (Å²) in [6, 6.07) is 6.42. The van der Waals surface area contributed by atoms with E-state index in [1.54, 1.807) is 18.2 Å². The number of methoxy groups -OCH3 is 1.